The highest BCUT2D eigenvalue weighted by atomic mass is 32.2. The van der Waals surface area contributed by atoms with Crippen LogP contribution >= 0.6 is 11.8 Å². The van der Waals surface area contributed by atoms with Crippen molar-refractivity contribution in [2.45, 2.75) is 4.90 Å². The molecule has 4 heteroatoms. The van der Waals surface area contributed by atoms with Crippen molar-refractivity contribution < 1.29 is 0 Å². The van der Waals surface area contributed by atoms with Gasteiger partial charge in [-0.3, -0.25) is 0 Å². The summed E-state index contributed by atoms with van der Waals surface area (Å²) in [6.45, 7) is 3.63. The molecule has 0 heterocycles. The maximum absolute atomic E-state index is 8.30. The van der Waals surface area contributed by atoms with Crippen molar-refractivity contribution in [3.63, 3.8) is 0 Å². The Balaban J connectivity index is 2.90. The van der Waals surface area contributed by atoms with Crippen molar-refractivity contribution in [1.82, 2.24) is 0 Å². The van der Waals surface area contributed by atoms with E-state index in [1.54, 1.807) is 17.8 Å². The molecule has 0 aromatic heterocycles. The molecule has 0 saturated heterocycles. The Morgan fingerprint density at radius 1 is 1.54 bits per heavy atom. The fourth-order valence-corrected chi connectivity index (χ4v) is 1.59. The smallest absolute Gasteiger partial charge is 0.0511 e. The highest BCUT2D eigenvalue weighted by molar-refractivity contribution is 7.99. The molecule has 0 amide bonds. The number of nitrogens with zero attached hydrogens (tertiary/aromatic N) is 3. The van der Waals surface area contributed by atoms with E-state index in [0.717, 1.165) is 10.6 Å². The van der Waals surface area contributed by atoms with Crippen LogP contribution in [0.1, 0.15) is 0 Å². The molecule has 1 rings (SSSR count). The Kier molecular flexibility index (Phi) is 3.96. The van der Waals surface area contributed by atoms with E-state index in [2.05, 4.69) is 16.6 Å². The van der Waals surface area contributed by atoms with Crippen LogP contribution in [0.4, 0.5) is 5.69 Å². The molecule has 1 aromatic rings. The summed E-state index contributed by atoms with van der Waals surface area (Å²) in [5.74, 6) is 0.817. The molecular formula is C9H9N3S. The number of benzene rings is 1. The number of azide groups is 1. The lowest BCUT2D eigenvalue weighted by atomic mass is 10.3. The average Bonchev–Trinajstić information content (AvgIpc) is 2.17. The lowest BCUT2D eigenvalue weighted by Crippen LogP contribution is -1.73. The van der Waals surface area contributed by atoms with Gasteiger partial charge in [0.15, 0.2) is 0 Å². The monoisotopic (exact) mass is 191 g/mol. The summed E-state index contributed by atoms with van der Waals surface area (Å²) in [5, 5.41) is 3.58. The van der Waals surface area contributed by atoms with Gasteiger partial charge in [0, 0.05) is 15.6 Å². The predicted octanol–water partition coefficient (Wildman–Crippen LogP) is 3.91. The third kappa shape index (κ3) is 2.86. The Labute approximate surface area is 81.1 Å². The fourth-order valence-electron chi connectivity index (χ4n) is 0.859. The second-order valence-corrected chi connectivity index (χ2v) is 3.32. The zero-order chi connectivity index (χ0) is 9.52. The van der Waals surface area contributed by atoms with Crippen molar-refractivity contribution in [3.8, 4) is 0 Å². The Morgan fingerprint density at radius 2 is 2.31 bits per heavy atom. The van der Waals surface area contributed by atoms with Crippen LogP contribution in [-0.2, 0) is 0 Å². The van der Waals surface area contributed by atoms with Crippen molar-refractivity contribution in [1.29, 1.82) is 0 Å². The summed E-state index contributed by atoms with van der Waals surface area (Å²) in [6, 6.07) is 7.49. The van der Waals surface area contributed by atoms with E-state index < -0.39 is 0 Å². The molecule has 1 aromatic carbocycles. The molecule has 0 saturated carbocycles. The van der Waals surface area contributed by atoms with E-state index in [9.17, 15) is 0 Å². The average molecular weight is 191 g/mol. The van der Waals surface area contributed by atoms with Gasteiger partial charge < -0.3 is 0 Å². The molecule has 0 radical (unpaired) electrons. The summed E-state index contributed by atoms with van der Waals surface area (Å²) in [6.07, 6.45) is 1.82. The summed E-state index contributed by atoms with van der Waals surface area (Å²) >= 11 is 1.60. The Bertz CT molecular complexity index is 342. The topological polar surface area (TPSA) is 48.8 Å². The summed E-state index contributed by atoms with van der Waals surface area (Å²) < 4.78 is 0. The normalized spacial score (nSPS) is 8.92. The van der Waals surface area contributed by atoms with Crippen LogP contribution in [0.25, 0.3) is 10.4 Å². The van der Waals surface area contributed by atoms with Crippen molar-refractivity contribution in [2.75, 3.05) is 5.75 Å². The van der Waals surface area contributed by atoms with Crippen molar-refractivity contribution in [3.05, 3.63) is 47.4 Å². The van der Waals surface area contributed by atoms with E-state index >= 15 is 0 Å². The van der Waals surface area contributed by atoms with Gasteiger partial charge >= 0.3 is 0 Å². The quantitative estimate of drug-likeness (QED) is 0.234. The molecule has 0 aliphatic carbocycles. The van der Waals surface area contributed by atoms with Crippen molar-refractivity contribution >= 4 is 17.4 Å². The van der Waals surface area contributed by atoms with Gasteiger partial charge in [-0.05, 0) is 11.6 Å². The van der Waals surface area contributed by atoms with Gasteiger partial charge in [-0.25, -0.2) is 0 Å². The summed E-state index contributed by atoms with van der Waals surface area (Å²) in [7, 11) is 0. The molecule has 3 nitrogen and oxygen atoms in total. The minimum atomic E-state index is 0.678. The van der Waals surface area contributed by atoms with Crippen LogP contribution in [0.2, 0.25) is 0 Å². The van der Waals surface area contributed by atoms with Gasteiger partial charge in [0.05, 0.1) is 5.69 Å². The first-order chi connectivity index (χ1) is 6.38. The van der Waals surface area contributed by atoms with Gasteiger partial charge in [0.1, 0.15) is 0 Å². The Morgan fingerprint density at radius 3 is 3.00 bits per heavy atom. The van der Waals surface area contributed by atoms with Crippen LogP contribution in [-0.4, -0.2) is 5.75 Å². The van der Waals surface area contributed by atoms with Crippen LogP contribution in [0.15, 0.2) is 46.9 Å². The highest BCUT2D eigenvalue weighted by Crippen LogP contribution is 2.29. The molecule has 0 bridgehead atoms. The van der Waals surface area contributed by atoms with E-state index in [1.165, 1.54) is 0 Å². The third-order valence-electron chi connectivity index (χ3n) is 1.37. The van der Waals surface area contributed by atoms with Gasteiger partial charge in [0.25, 0.3) is 0 Å². The number of hydrogen-bond acceptors (Lipinski definition) is 2. The molecular weight excluding hydrogens is 182 g/mol. The lowest BCUT2D eigenvalue weighted by Gasteiger charge is -2.00. The maximum Gasteiger partial charge on any atom is 0.0511 e. The van der Waals surface area contributed by atoms with Gasteiger partial charge in [0.2, 0.25) is 0 Å². The van der Waals surface area contributed by atoms with Crippen molar-refractivity contribution in [2.24, 2.45) is 5.11 Å². The maximum atomic E-state index is 8.30. The third-order valence-corrected chi connectivity index (χ3v) is 2.43. The number of rotatable bonds is 4. The zero-order valence-corrected chi connectivity index (χ0v) is 7.87. The minimum absolute atomic E-state index is 0.678. The summed E-state index contributed by atoms with van der Waals surface area (Å²) in [5.41, 5.74) is 8.98. The van der Waals surface area contributed by atoms with E-state index in [0.29, 0.717) is 5.69 Å². The van der Waals surface area contributed by atoms with E-state index in [-0.39, 0.29) is 0 Å². The fraction of sp³-hybridized carbons (Fsp3) is 0.111. The van der Waals surface area contributed by atoms with E-state index in [4.69, 9.17) is 5.53 Å². The van der Waals surface area contributed by atoms with Gasteiger partial charge in [-0.1, -0.05) is 29.4 Å². The second kappa shape index (κ2) is 5.30. The van der Waals surface area contributed by atoms with Crippen LogP contribution in [0.5, 0.6) is 0 Å². The summed E-state index contributed by atoms with van der Waals surface area (Å²) in [4.78, 5) is 3.75. The lowest BCUT2D eigenvalue weighted by molar-refractivity contribution is 1.35. The first-order valence-electron chi connectivity index (χ1n) is 3.76. The van der Waals surface area contributed by atoms with Crippen LogP contribution in [0, 0.1) is 0 Å². The van der Waals surface area contributed by atoms with E-state index in [1.807, 2.05) is 24.3 Å². The molecule has 0 unspecified atom stereocenters. The molecule has 0 spiro atoms. The Hall–Kier alpha value is -1.38. The first kappa shape index (κ1) is 9.71. The molecule has 0 fully saturated rings. The largest absolute Gasteiger partial charge is 0.122 e. The molecule has 0 aliphatic heterocycles. The highest BCUT2D eigenvalue weighted by Gasteiger charge is 1.97. The van der Waals surface area contributed by atoms with Crippen LogP contribution in [0.3, 0.4) is 0 Å². The zero-order valence-electron chi connectivity index (χ0n) is 7.05. The van der Waals surface area contributed by atoms with Crippen LogP contribution < -0.4 is 0 Å². The molecule has 0 atom stereocenters. The number of hydrogen-bond donors (Lipinski definition) is 0. The predicted molar refractivity (Wildman–Crippen MR) is 56.2 cm³/mol. The SMILES string of the molecule is C=CCSc1ccccc1N=[N+]=[N-]. The molecule has 66 valence electrons. The van der Waals surface area contributed by atoms with Gasteiger partial charge in [-0.15, -0.1) is 18.3 Å². The second-order valence-electron chi connectivity index (χ2n) is 2.26. The molecule has 0 aliphatic rings. The standard InChI is InChI=1S/C9H9N3S/c1-2-7-13-9-6-4-3-5-8(9)11-12-10/h2-6H,1,7H2. The number of thioether (sulfide) groups is 1. The first-order valence-corrected chi connectivity index (χ1v) is 4.75. The minimum Gasteiger partial charge on any atom is -0.122 e. The molecule has 0 N–H and O–H groups in total. The van der Waals surface area contributed by atoms with Gasteiger partial charge in [-0.2, -0.15) is 0 Å². The molecule has 13 heavy (non-hydrogen) atoms.